The van der Waals surface area contributed by atoms with Gasteiger partial charge in [-0.3, -0.25) is 9.59 Å². The summed E-state index contributed by atoms with van der Waals surface area (Å²) in [7, 11) is 1.53. The van der Waals surface area contributed by atoms with Crippen molar-refractivity contribution in [3.05, 3.63) is 125 Å². The lowest BCUT2D eigenvalue weighted by atomic mass is 9.94. The second-order valence-electron chi connectivity index (χ2n) is 11.5. The van der Waals surface area contributed by atoms with Gasteiger partial charge >= 0.3 is 0 Å². The van der Waals surface area contributed by atoms with Gasteiger partial charge in [0.1, 0.15) is 6.04 Å². The number of hydrogen-bond donors (Lipinski definition) is 3. The first-order chi connectivity index (χ1) is 22.7. The van der Waals surface area contributed by atoms with E-state index in [-0.39, 0.29) is 18.4 Å². The number of hydrogen-bond acceptors (Lipinski definition) is 7. The third kappa shape index (κ3) is 6.57. The first-order valence-corrected chi connectivity index (χ1v) is 15.3. The molecule has 0 fully saturated rings. The zero-order valence-corrected chi connectivity index (χ0v) is 26.9. The average Bonchev–Trinajstić information content (AvgIpc) is 3.49. The topological polar surface area (TPSA) is 119 Å². The summed E-state index contributed by atoms with van der Waals surface area (Å²) >= 11 is 0. The van der Waals surface area contributed by atoms with Crippen LogP contribution < -0.4 is 25.4 Å². The lowest BCUT2D eigenvalue weighted by Gasteiger charge is -2.29. The molecule has 2 amide bonds. The van der Waals surface area contributed by atoms with Crippen LogP contribution in [0.2, 0.25) is 0 Å². The summed E-state index contributed by atoms with van der Waals surface area (Å²) in [6, 6.07) is 27.7. The number of allylic oxidation sites excluding steroid dienone is 1. The zero-order chi connectivity index (χ0) is 33.1. The zero-order valence-electron chi connectivity index (χ0n) is 26.9. The lowest BCUT2D eigenvalue weighted by molar-refractivity contribution is -0.118. The summed E-state index contributed by atoms with van der Waals surface area (Å²) in [6.07, 6.45) is 0. The molecule has 0 aliphatic carbocycles. The number of nitrogens with one attached hydrogen (secondary N) is 3. The van der Waals surface area contributed by atoms with Crippen LogP contribution in [0.4, 0.5) is 17.3 Å². The molecule has 0 unspecified atom stereocenters. The van der Waals surface area contributed by atoms with Crippen molar-refractivity contribution >= 4 is 29.1 Å². The average molecular weight is 629 g/mol. The Kier molecular flexibility index (Phi) is 8.75. The van der Waals surface area contributed by atoms with Gasteiger partial charge in [-0.05, 0) is 68.7 Å². The summed E-state index contributed by atoms with van der Waals surface area (Å²) in [6.45, 7) is 7.58. The number of aryl methyl sites for hydroxylation is 3. The summed E-state index contributed by atoms with van der Waals surface area (Å²) < 4.78 is 13.4. The number of methoxy groups -OCH3 is 1. The van der Waals surface area contributed by atoms with Gasteiger partial charge in [-0.1, -0.05) is 72.3 Å². The first-order valence-electron chi connectivity index (χ1n) is 15.3. The lowest BCUT2D eigenvalue weighted by Crippen LogP contribution is -2.31. The quantitative estimate of drug-likeness (QED) is 0.164. The van der Waals surface area contributed by atoms with Crippen LogP contribution in [0.1, 0.15) is 35.2 Å². The summed E-state index contributed by atoms with van der Waals surface area (Å²) in [4.78, 5) is 31.5. The standard InChI is InChI=1S/C37H36N6O4/c1-22-18-23(2)33(24(3)19-22)40-31(44)21-47-29-17-16-27(20-30(29)46-5)34-32(36(45)39-28-14-10-7-11-15-28)25(4)38-37-41-35(42-43(34)37)26-12-8-6-9-13-26/h6-20,34H,21H2,1-5H3,(H,39,45)(H,40,44)(H,38,41,42)/t34-/m0/s1. The number of anilines is 3. The van der Waals surface area contributed by atoms with Crippen LogP contribution in [0.5, 0.6) is 11.5 Å². The van der Waals surface area contributed by atoms with Crippen LogP contribution in [0.3, 0.4) is 0 Å². The number of para-hydroxylation sites is 1. The van der Waals surface area contributed by atoms with Gasteiger partial charge in [0.2, 0.25) is 5.95 Å². The van der Waals surface area contributed by atoms with Crippen molar-refractivity contribution in [2.24, 2.45) is 0 Å². The molecule has 0 bridgehead atoms. The van der Waals surface area contributed by atoms with Gasteiger partial charge in [0.25, 0.3) is 11.8 Å². The van der Waals surface area contributed by atoms with E-state index >= 15 is 0 Å². The number of benzene rings is 4. The Morgan fingerprint density at radius 3 is 2.21 bits per heavy atom. The van der Waals surface area contributed by atoms with Crippen LogP contribution in [-0.4, -0.2) is 40.3 Å². The van der Waals surface area contributed by atoms with E-state index in [0.717, 1.165) is 33.5 Å². The predicted molar refractivity (Wildman–Crippen MR) is 183 cm³/mol. The van der Waals surface area contributed by atoms with Gasteiger partial charge in [0, 0.05) is 22.6 Å². The van der Waals surface area contributed by atoms with E-state index in [4.69, 9.17) is 19.6 Å². The van der Waals surface area contributed by atoms with E-state index in [1.165, 1.54) is 7.11 Å². The van der Waals surface area contributed by atoms with Crippen LogP contribution >= 0.6 is 0 Å². The minimum atomic E-state index is -0.654. The Morgan fingerprint density at radius 1 is 0.851 bits per heavy atom. The van der Waals surface area contributed by atoms with Gasteiger partial charge in [0.05, 0.1) is 12.7 Å². The molecule has 1 aliphatic rings. The number of rotatable bonds is 9. The van der Waals surface area contributed by atoms with Gasteiger partial charge < -0.3 is 25.4 Å². The number of carbonyl (C=O) groups is 2. The van der Waals surface area contributed by atoms with E-state index < -0.39 is 6.04 Å². The maximum atomic E-state index is 13.9. The van der Waals surface area contributed by atoms with E-state index in [0.29, 0.717) is 40.2 Å². The first kappa shape index (κ1) is 31.1. The Bertz CT molecular complexity index is 1960. The van der Waals surface area contributed by atoms with Gasteiger partial charge in [-0.25, -0.2) is 4.68 Å². The Labute approximate surface area is 273 Å². The molecule has 6 rings (SSSR count). The highest BCUT2D eigenvalue weighted by Crippen LogP contribution is 2.40. The molecule has 0 saturated carbocycles. The van der Waals surface area contributed by atoms with Gasteiger partial charge in [-0.15, -0.1) is 5.10 Å². The fourth-order valence-electron chi connectivity index (χ4n) is 5.85. The molecule has 10 nitrogen and oxygen atoms in total. The Hall–Kier alpha value is -5.90. The maximum absolute atomic E-state index is 13.9. The summed E-state index contributed by atoms with van der Waals surface area (Å²) in [5.74, 6) is 1.24. The minimum Gasteiger partial charge on any atom is -0.493 e. The predicted octanol–water partition coefficient (Wildman–Crippen LogP) is 6.82. The smallest absolute Gasteiger partial charge is 0.262 e. The SMILES string of the molecule is COc1cc([C@H]2C(C(=O)Nc3ccccc3)=C(C)Nc3nc(-c4ccccc4)nn32)ccc1OCC(=O)Nc1c(C)cc(C)cc1C. The van der Waals surface area contributed by atoms with Crippen LogP contribution in [0.25, 0.3) is 11.4 Å². The number of ether oxygens (including phenoxy) is 2. The highest BCUT2D eigenvalue weighted by molar-refractivity contribution is 6.06. The fourth-order valence-corrected chi connectivity index (χ4v) is 5.85. The molecular weight excluding hydrogens is 592 g/mol. The maximum Gasteiger partial charge on any atom is 0.262 e. The number of carbonyl (C=O) groups excluding carboxylic acids is 2. The molecule has 0 spiro atoms. The third-order valence-corrected chi connectivity index (χ3v) is 7.96. The molecule has 1 aromatic heterocycles. The number of amides is 2. The second-order valence-corrected chi connectivity index (χ2v) is 11.5. The summed E-state index contributed by atoms with van der Waals surface area (Å²) in [5.41, 5.74) is 7.21. The van der Waals surface area contributed by atoms with Crippen molar-refractivity contribution < 1.29 is 19.1 Å². The van der Waals surface area contributed by atoms with Gasteiger partial charge in [-0.2, -0.15) is 4.98 Å². The number of nitrogens with zero attached hydrogens (tertiary/aromatic N) is 3. The molecule has 1 aliphatic heterocycles. The van der Waals surface area contributed by atoms with Gasteiger partial charge in [0.15, 0.2) is 23.9 Å². The van der Waals surface area contributed by atoms with Crippen molar-refractivity contribution in [1.29, 1.82) is 0 Å². The molecule has 47 heavy (non-hydrogen) atoms. The van der Waals surface area contributed by atoms with Crippen molar-refractivity contribution in [3.63, 3.8) is 0 Å². The van der Waals surface area contributed by atoms with Crippen molar-refractivity contribution in [3.8, 4) is 22.9 Å². The van der Waals surface area contributed by atoms with E-state index in [1.807, 2.05) is 107 Å². The molecule has 1 atom stereocenters. The minimum absolute atomic E-state index is 0.215. The molecule has 2 heterocycles. The number of fused-ring (bicyclic) bond motifs is 1. The molecular formula is C37H36N6O4. The van der Waals surface area contributed by atoms with Crippen molar-refractivity contribution in [2.45, 2.75) is 33.7 Å². The molecule has 4 aromatic carbocycles. The second kappa shape index (κ2) is 13.2. The third-order valence-electron chi connectivity index (χ3n) is 7.96. The molecule has 3 N–H and O–H groups in total. The highest BCUT2D eigenvalue weighted by atomic mass is 16.5. The van der Waals surface area contributed by atoms with E-state index in [1.54, 1.807) is 16.8 Å². The molecule has 0 saturated heterocycles. The number of aromatic nitrogens is 3. The Morgan fingerprint density at radius 2 is 1.53 bits per heavy atom. The molecule has 0 radical (unpaired) electrons. The largest absolute Gasteiger partial charge is 0.493 e. The molecule has 5 aromatic rings. The summed E-state index contributed by atoms with van der Waals surface area (Å²) in [5, 5.41) is 14.1. The highest BCUT2D eigenvalue weighted by Gasteiger charge is 2.35. The van der Waals surface area contributed by atoms with Crippen LogP contribution in [0, 0.1) is 20.8 Å². The monoisotopic (exact) mass is 628 g/mol. The Balaban J connectivity index is 1.32. The van der Waals surface area contributed by atoms with E-state index in [9.17, 15) is 9.59 Å². The molecule has 10 heteroatoms. The molecule has 238 valence electrons. The van der Waals surface area contributed by atoms with E-state index in [2.05, 4.69) is 16.0 Å². The van der Waals surface area contributed by atoms with Crippen molar-refractivity contribution in [1.82, 2.24) is 14.8 Å². The fraction of sp³-hybridized carbons (Fsp3) is 0.189. The van der Waals surface area contributed by atoms with Crippen LogP contribution in [0.15, 0.2) is 102 Å². The van der Waals surface area contributed by atoms with Crippen LogP contribution in [-0.2, 0) is 9.59 Å². The normalized spacial score (nSPS) is 13.8. The van der Waals surface area contributed by atoms with Crippen molar-refractivity contribution in [2.75, 3.05) is 29.7 Å².